The Bertz CT molecular complexity index is 512. The van der Waals surface area contributed by atoms with Crippen LogP contribution in [0.3, 0.4) is 0 Å². The Hall–Kier alpha value is -0.218. The quantitative estimate of drug-likeness (QED) is 0.0535. The summed E-state index contributed by atoms with van der Waals surface area (Å²) in [7, 11) is 0. The molecule has 0 fully saturated rings. The van der Waals surface area contributed by atoms with Crippen molar-refractivity contribution in [3.05, 3.63) is 0 Å². The van der Waals surface area contributed by atoms with Gasteiger partial charge in [-0.2, -0.15) is 0 Å². The third kappa shape index (κ3) is 46.3. The van der Waals surface area contributed by atoms with Crippen molar-refractivity contribution in [1.82, 2.24) is 0 Å². The number of carbonyl (C=O) groups excluding carboxylic acids is 2. The molecule has 0 aliphatic heterocycles. The zero-order valence-corrected chi connectivity index (χ0v) is 32.3. The second-order valence-electron chi connectivity index (χ2n) is 12.5. The summed E-state index contributed by atoms with van der Waals surface area (Å²) in [4.78, 5) is 20.5. The van der Waals surface area contributed by atoms with Crippen molar-refractivity contribution in [2.24, 2.45) is 0 Å². The van der Waals surface area contributed by atoms with Gasteiger partial charge in [-0.1, -0.05) is 168 Å². The maximum Gasteiger partial charge on any atom is 2.00 e. The summed E-state index contributed by atoms with van der Waals surface area (Å²) in [5, 5.41) is 39.6. The van der Waals surface area contributed by atoms with E-state index in [2.05, 4.69) is 13.8 Å². The van der Waals surface area contributed by atoms with E-state index in [-0.39, 0.29) is 40.1 Å². The maximum atomic E-state index is 10.3. The number of aliphatic hydroxyl groups excluding tert-OH is 2. The van der Waals surface area contributed by atoms with Crippen LogP contribution in [0.25, 0.3) is 0 Å². The van der Waals surface area contributed by atoms with Crippen LogP contribution in [0.4, 0.5) is 0 Å². The Morgan fingerprint density at radius 1 is 0.419 bits per heavy atom. The number of aliphatic hydroxyl groups is 2. The first-order valence-electron chi connectivity index (χ1n) is 18.1. The minimum absolute atomic E-state index is 0. The van der Waals surface area contributed by atoms with E-state index in [1.807, 2.05) is 0 Å². The fourth-order valence-electron chi connectivity index (χ4n) is 5.30. The first kappa shape index (κ1) is 47.2. The third-order valence-electron chi connectivity index (χ3n) is 8.15. The molecule has 0 spiro atoms. The second kappa shape index (κ2) is 39.8. The van der Waals surface area contributed by atoms with Crippen LogP contribution in [-0.2, 0) is 9.59 Å². The molecule has 254 valence electrons. The van der Waals surface area contributed by atoms with Gasteiger partial charge in [0.25, 0.3) is 0 Å². The molecule has 0 saturated heterocycles. The van der Waals surface area contributed by atoms with Gasteiger partial charge in [0, 0.05) is 11.9 Å². The number of unbranched alkanes of at least 4 members (excludes halogenated alkanes) is 22. The van der Waals surface area contributed by atoms with E-state index in [1.165, 1.54) is 128 Å². The van der Waals surface area contributed by atoms with Gasteiger partial charge < -0.3 is 30.0 Å². The second-order valence-corrected chi connectivity index (χ2v) is 12.5. The zero-order chi connectivity index (χ0) is 31.5. The summed E-state index contributed by atoms with van der Waals surface area (Å²) >= 11 is 0. The van der Waals surface area contributed by atoms with E-state index in [0.717, 1.165) is 38.5 Å². The van der Waals surface area contributed by atoms with Crippen LogP contribution in [0.15, 0.2) is 0 Å². The normalized spacial score (nSPS) is 12.2. The summed E-state index contributed by atoms with van der Waals surface area (Å²) in [5.74, 6) is -2.13. The summed E-state index contributed by atoms with van der Waals surface area (Å²) in [5.41, 5.74) is 0. The van der Waals surface area contributed by atoms with Crippen LogP contribution in [0.2, 0.25) is 0 Å². The predicted molar refractivity (Wildman–Crippen MR) is 178 cm³/mol. The van der Waals surface area contributed by atoms with Crippen LogP contribution >= 0.6 is 0 Å². The van der Waals surface area contributed by atoms with Crippen LogP contribution in [-0.4, -0.2) is 61.7 Å². The predicted octanol–water partition coefficient (Wildman–Crippen LogP) is 7.56. The van der Waals surface area contributed by atoms with E-state index >= 15 is 0 Å². The maximum absolute atomic E-state index is 10.3. The van der Waals surface area contributed by atoms with Gasteiger partial charge in [-0.05, 0) is 38.5 Å². The molecule has 0 rings (SSSR count). The monoisotopic (exact) mass is 806 g/mol. The number of rotatable bonds is 32. The van der Waals surface area contributed by atoms with Crippen LogP contribution in [0.1, 0.15) is 206 Å². The van der Waals surface area contributed by atoms with Crippen molar-refractivity contribution in [3.63, 3.8) is 0 Å². The number of hydrogen-bond acceptors (Lipinski definition) is 6. The molecule has 0 aromatic heterocycles. The Morgan fingerprint density at radius 3 is 0.837 bits per heavy atom. The third-order valence-corrected chi connectivity index (χ3v) is 8.15. The summed E-state index contributed by atoms with van der Waals surface area (Å²) in [6.07, 6.45) is 32.5. The Kier molecular flexibility index (Phi) is 43.7. The minimum Gasteiger partial charge on any atom is -0.550 e. The molecule has 6 nitrogen and oxygen atoms in total. The van der Waals surface area contributed by atoms with E-state index in [0.29, 0.717) is 12.8 Å². The van der Waals surface area contributed by atoms with E-state index in [1.54, 1.807) is 0 Å². The van der Waals surface area contributed by atoms with E-state index in [4.69, 9.17) is 0 Å². The van der Waals surface area contributed by atoms with Crippen molar-refractivity contribution in [1.29, 1.82) is 0 Å². The first-order chi connectivity index (χ1) is 20.3. The topological polar surface area (TPSA) is 121 Å². The van der Waals surface area contributed by atoms with Crippen molar-refractivity contribution in [2.75, 3.05) is 0 Å². The van der Waals surface area contributed by atoms with E-state index in [9.17, 15) is 30.0 Å². The summed E-state index contributed by atoms with van der Waals surface area (Å²) in [6, 6.07) is 0. The number of carboxylic acids is 2. The molecule has 0 aromatic carbocycles. The van der Waals surface area contributed by atoms with Gasteiger partial charge in [-0.25, -0.2) is 0 Å². The molecule has 0 amide bonds. The van der Waals surface area contributed by atoms with Crippen molar-refractivity contribution < 1.29 is 30.0 Å². The molecule has 0 aromatic rings. The largest absolute Gasteiger partial charge is 2.00 e. The molecule has 0 aliphatic carbocycles. The number of carbonyl (C=O) groups is 2. The molecule has 0 bridgehead atoms. The van der Waals surface area contributed by atoms with Crippen LogP contribution in [0.5, 0.6) is 0 Å². The zero-order valence-electron chi connectivity index (χ0n) is 28.4. The number of carboxylic acid groups (broad SMARTS) is 2. The molecule has 2 unspecified atom stereocenters. The molecule has 0 aliphatic rings. The molecular formula is C36H70O6Pb. The fraction of sp³-hybridized carbons (Fsp3) is 0.944. The van der Waals surface area contributed by atoms with Gasteiger partial charge in [0.05, 0.1) is 12.2 Å². The fourth-order valence-corrected chi connectivity index (χ4v) is 5.30. The first-order valence-corrected chi connectivity index (χ1v) is 18.1. The molecule has 2 N–H and O–H groups in total. The molecule has 2 radical (unpaired) electrons. The van der Waals surface area contributed by atoms with Crippen molar-refractivity contribution in [2.45, 2.75) is 219 Å². The van der Waals surface area contributed by atoms with Gasteiger partial charge in [0.1, 0.15) is 0 Å². The Labute approximate surface area is 286 Å². The van der Waals surface area contributed by atoms with Gasteiger partial charge >= 0.3 is 27.3 Å². The van der Waals surface area contributed by atoms with E-state index < -0.39 is 24.1 Å². The van der Waals surface area contributed by atoms with Gasteiger partial charge in [-0.15, -0.1) is 0 Å². The van der Waals surface area contributed by atoms with Gasteiger partial charge in [0.2, 0.25) is 0 Å². The van der Waals surface area contributed by atoms with Crippen LogP contribution < -0.4 is 10.2 Å². The summed E-state index contributed by atoms with van der Waals surface area (Å²) in [6.45, 7) is 4.50. The summed E-state index contributed by atoms with van der Waals surface area (Å²) < 4.78 is 0. The number of hydrogen-bond donors (Lipinski definition) is 2. The molecular weight excluding hydrogens is 736 g/mol. The Morgan fingerprint density at radius 2 is 0.628 bits per heavy atom. The molecule has 0 saturated carbocycles. The van der Waals surface area contributed by atoms with Crippen molar-refractivity contribution >= 4 is 39.2 Å². The average molecular weight is 806 g/mol. The molecule has 2 atom stereocenters. The van der Waals surface area contributed by atoms with Crippen LogP contribution in [0, 0.1) is 0 Å². The van der Waals surface area contributed by atoms with Gasteiger partial charge in [-0.3, -0.25) is 0 Å². The molecule has 43 heavy (non-hydrogen) atoms. The number of aliphatic carboxylic acids is 2. The standard InChI is InChI=1S/2C18H36O3.Pb/c2*1-2-3-4-5-6-7-8-9-10-11-12-13-14-17(19)15-16-18(20)21;/h2*17,19H,2-16H2,1H3,(H,20,21);/q;;+2/p-2. The average Bonchev–Trinajstić information content (AvgIpc) is 2.96. The van der Waals surface area contributed by atoms with Crippen molar-refractivity contribution in [3.8, 4) is 0 Å². The van der Waals surface area contributed by atoms with Gasteiger partial charge in [0.15, 0.2) is 0 Å². The molecule has 0 heterocycles. The molecule has 7 heteroatoms. The minimum atomic E-state index is -1.07. The SMILES string of the molecule is CCCCCCCCCCCCCCC(O)CCC(=O)[O-].CCCCCCCCCCCCCCC(O)CCC(=O)[O-].[Pb+2]. The Balaban J connectivity index is -0.000000727. The smallest absolute Gasteiger partial charge is 0.550 e.